The average Bonchev–Trinajstić information content (AvgIpc) is 2.94. The van der Waals surface area contributed by atoms with Gasteiger partial charge in [-0.25, -0.2) is 4.98 Å². The Morgan fingerprint density at radius 3 is 2.71 bits per heavy atom. The molecule has 1 saturated heterocycles. The Kier molecular flexibility index (Phi) is 4.53. The van der Waals surface area contributed by atoms with Crippen molar-refractivity contribution in [3.05, 3.63) is 40.7 Å². The highest BCUT2D eigenvalue weighted by molar-refractivity contribution is 6.06. The van der Waals surface area contributed by atoms with Crippen LogP contribution in [-0.4, -0.2) is 58.0 Å². The molecule has 7 heteroatoms. The maximum absolute atomic E-state index is 13.0. The van der Waals surface area contributed by atoms with Crippen molar-refractivity contribution in [2.24, 2.45) is 0 Å². The van der Waals surface area contributed by atoms with E-state index in [1.807, 2.05) is 0 Å². The topological polar surface area (TPSA) is 71.6 Å². The van der Waals surface area contributed by atoms with E-state index < -0.39 is 0 Å². The normalized spacial score (nSPS) is 15.8. The SMILES string of the molecule is C=CCn1cnc2oc(C)c(C(=O)N3CCN(CC)CC3)c2c1=O. The lowest BCUT2D eigenvalue weighted by Crippen LogP contribution is -2.48. The maximum atomic E-state index is 13.0. The molecule has 1 aliphatic heterocycles. The van der Waals surface area contributed by atoms with Gasteiger partial charge in [0.1, 0.15) is 17.5 Å². The first kappa shape index (κ1) is 16.4. The molecule has 0 N–H and O–H groups in total. The average molecular weight is 330 g/mol. The molecule has 128 valence electrons. The first-order valence-electron chi connectivity index (χ1n) is 8.17. The smallest absolute Gasteiger partial charge is 0.265 e. The lowest BCUT2D eigenvalue weighted by atomic mass is 10.1. The Morgan fingerprint density at radius 2 is 2.08 bits per heavy atom. The first-order chi connectivity index (χ1) is 11.6. The van der Waals surface area contributed by atoms with E-state index in [-0.39, 0.29) is 22.6 Å². The Hall–Kier alpha value is -2.41. The van der Waals surface area contributed by atoms with Crippen molar-refractivity contribution in [1.29, 1.82) is 0 Å². The third-order valence-electron chi connectivity index (χ3n) is 4.50. The van der Waals surface area contributed by atoms with Crippen molar-refractivity contribution in [2.45, 2.75) is 20.4 Å². The monoisotopic (exact) mass is 330 g/mol. The molecule has 0 aliphatic carbocycles. The summed E-state index contributed by atoms with van der Waals surface area (Å²) >= 11 is 0. The van der Waals surface area contributed by atoms with Gasteiger partial charge in [-0.1, -0.05) is 13.0 Å². The second kappa shape index (κ2) is 6.60. The van der Waals surface area contributed by atoms with Gasteiger partial charge in [-0.3, -0.25) is 14.2 Å². The zero-order valence-electron chi connectivity index (χ0n) is 14.1. The molecule has 0 bridgehead atoms. The van der Waals surface area contributed by atoms with E-state index >= 15 is 0 Å². The van der Waals surface area contributed by atoms with Crippen LogP contribution in [0.1, 0.15) is 23.0 Å². The Morgan fingerprint density at radius 1 is 1.38 bits per heavy atom. The largest absolute Gasteiger partial charge is 0.442 e. The van der Waals surface area contributed by atoms with Crippen LogP contribution in [0, 0.1) is 6.92 Å². The molecule has 0 radical (unpaired) electrons. The summed E-state index contributed by atoms with van der Waals surface area (Å²) in [6, 6.07) is 0. The van der Waals surface area contributed by atoms with Crippen LogP contribution in [0.3, 0.4) is 0 Å². The van der Waals surface area contributed by atoms with E-state index in [0.717, 1.165) is 19.6 Å². The third kappa shape index (κ3) is 2.75. The van der Waals surface area contributed by atoms with E-state index in [4.69, 9.17) is 4.42 Å². The van der Waals surface area contributed by atoms with Crippen LogP contribution in [0.5, 0.6) is 0 Å². The molecule has 0 aromatic carbocycles. The van der Waals surface area contributed by atoms with E-state index in [9.17, 15) is 9.59 Å². The van der Waals surface area contributed by atoms with Crippen LogP contribution in [0.25, 0.3) is 11.1 Å². The Balaban J connectivity index is 2.01. The highest BCUT2D eigenvalue weighted by Gasteiger charge is 2.28. The van der Waals surface area contributed by atoms with Crippen molar-refractivity contribution in [3.63, 3.8) is 0 Å². The number of carbonyl (C=O) groups is 1. The number of allylic oxidation sites excluding steroid dienone is 1. The summed E-state index contributed by atoms with van der Waals surface area (Å²) in [7, 11) is 0. The van der Waals surface area contributed by atoms with Crippen LogP contribution in [-0.2, 0) is 6.54 Å². The number of hydrogen-bond donors (Lipinski definition) is 0. The van der Waals surface area contributed by atoms with Crippen molar-refractivity contribution < 1.29 is 9.21 Å². The zero-order chi connectivity index (χ0) is 17.3. The number of aromatic nitrogens is 2. The van der Waals surface area contributed by atoms with Crippen molar-refractivity contribution in [2.75, 3.05) is 32.7 Å². The summed E-state index contributed by atoms with van der Waals surface area (Å²) in [5.74, 6) is 0.283. The molecule has 3 rings (SSSR count). The molecule has 2 aromatic rings. The molecule has 1 aliphatic rings. The Bertz CT molecular complexity index is 828. The molecule has 0 saturated carbocycles. The number of piperazine rings is 1. The third-order valence-corrected chi connectivity index (χ3v) is 4.50. The molecule has 0 atom stereocenters. The number of carbonyl (C=O) groups excluding carboxylic acids is 1. The van der Waals surface area contributed by atoms with Crippen LogP contribution >= 0.6 is 0 Å². The lowest BCUT2D eigenvalue weighted by molar-refractivity contribution is 0.0643. The standard InChI is InChI=1S/C17H22N4O3/c1-4-6-21-11-18-15-14(17(21)23)13(12(3)24-15)16(22)20-9-7-19(5-2)8-10-20/h4,11H,1,5-10H2,2-3H3. The summed E-state index contributed by atoms with van der Waals surface area (Å²) < 4.78 is 6.99. The van der Waals surface area contributed by atoms with Crippen LogP contribution in [0.2, 0.25) is 0 Å². The van der Waals surface area contributed by atoms with Crippen molar-refractivity contribution in [1.82, 2.24) is 19.4 Å². The minimum Gasteiger partial charge on any atom is -0.442 e. The van der Waals surface area contributed by atoms with E-state index in [1.165, 1.54) is 10.9 Å². The molecule has 24 heavy (non-hydrogen) atoms. The number of likely N-dealkylation sites (N-methyl/N-ethyl adjacent to an activating group) is 1. The van der Waals surface area contributed by atoms with Gasteiger partial charge in [0, 0.05) is 32.7 Å². The predicted molar refractivity (Wildman–Crippen MR) is 91.2 cm³/mol. The van der Waals surface area contributed by atoms with E-state index in [0.29, 0.717) is 31.0 Å². The minimum atomic E-state index is -0.271. The molecule has 7 nitrogen and oxygen atoms in total. The molecule has 0 spiro atoms. The number of hydrogen-bond acceptors (Lipinski definition) is 5. The van der Waals surface area contributed by atoms with Gasteiger partial charge in [0.15, 0.2) is 0 Å². The highest BCUT2D eigenvalue weighted by Crippen LogP contribution is 2.23. The van der Waals surface area contributed by atoms with Gasteiger partial charge in [0.25, 0.3) is 11.5 Å². The van der Waals surface area contributed by atoms with Gasteiger partial charge < -0.3 is 14.2 Å². The number of amides is 1. The highest BCUT2D eigenvalue weighted by atomic mass is 16.3. The van der Waals surface area contributed by atoms with Gasteiger partial charge in [0.05, 0.1) is 5.56 Å². The fraction of sp³-hybridized carbons (Fsp3) is 0.471. The fourth-order valence-corrected chi connectivity index (χ4v) is 3.09. The van der Waals surface area contributed by atoms with Gasteiger partial charge in [-0.2, -0.15) is 0 Å². The van der Waals surface area contributed by atoms with E-state index in [1.54, 1.807) is 17.9 Å². The van der Waals surface area contributed by atoms with Crippen LogP contribution < -0.4 is 5.56 Å². The number of rotatable bonds is 4. The molecule has 1 fully saturated rings. The minimum absolute atomic E-state index is 0.155. The molecule has 2 aromatic heterocycles. The summed E-state index contributed by atoms with van der Waals surface area (Å²) in [4.78, 5) is 33.9. The number of furan rings is 1. The summed E-state index contributed by atoms with van der Waals surface area (Å²) in [5.41, 5.74) is 0.284. The first-order valence-corrected chi connectivity index (χ1v) is 8.17. The quantitative estimate of drug-likeness (QED) is 0.789. The molecule has 1 amide bonds. The Labute approximate surface area is 140 Å². The lowest BCUT2D eigenvalue weighted by Gasteiger charge is -2.34. The molecule has 3 heterocycles. The summed E-state index contributed by atoms with van der Waals surface area (Å²) in [6.45, 7) is 11.8. The second-order valence-electron chi connectivity index (χ2n) is 5.93. The van der Waals surface area contributed by atoms with Crippen LogP contribution in [0.4, 0.5) is 0 Å². The summed E-state index contributed by atoms with van der Waals surface area (Å²) in [6.07, 6.45) is 3.04. The predicted octanol–water partition coefficient (Wildman–Crippen LogP) is 1.26. The second-order valence-corrected chi connectivity index (χ2v) is 5.93. The fourth-order valence-electron chi connectivity index (χ4n) is 3.09. The van der Waals surface area contributed by atoms with Gasteiger partial charge >= 0.3 is 0 Å². The summed E-state index contributed by atoms with van der Waals surface area (Å²) in [5, 5.41) is 0.264. The van der Waals surface area contributed by atoms with Crippen LogP contribution in [0.15, 0.2) is 28.2 Å². The van der Waals surface area contributed by atoms with Crippen molar-refractivity contribution >= 4 is 17.0 Å². The maximum Gasteiger partial charge on any atom is 0.265 e. The van der Waals surface area contributed by atoms with E-state index in [2.05, 4.69) is 23.4 Å². The van der Waals surface area contributed by atoms with Gasteiger partial charge in [-0.15, -0.1) is 6.58 Å². The molecular formula is C17H22N4O3. The molecular weight excluding hydrogens is 308 g/mol. The van der Waals surface area contributed by atoms with Gasteiger partial charge in [-0.05, 0) is 13.5 Å². The number of nitrogens with zero attached hydrogens (tertiary/aromatic N) is 4. The molecule has 0 unspecified atom stereocenters. The zero-order valence-corrected chi connectivity index (χ0v) is 14.1. The van der Waals surface area contributed by atoms with Crippen molar-refractivity contribution in [3.8, 4) is 0 Å². The number of fused-ring (bicyclic) bond motifs is 1. The number of aryl methyl sites for hydroxylation is 1. The van der Waals surface area contributed by atoms with Gasteiger partial charge in [0.2, 0.25) is 5.71 Å².